The first kappa shape index (κ1) is 15.0. The molecule has 0 bridgehead atoms. The van der Waals surface area contributed by atoms with E-state index in [1.807, 2.05) is 0 Å². The van der Waals surface area contributed by atoms with Crippen LogP contribution in [0.15, 0.2) is 34.9 Å². The molecule has 0 aliphatic heterocycles. The number of benzene rings is 1. The number of nitrogens with zero attached hydrogens (tertiary/aromatic N) is 1. The number of nitrogens with one attached hydrogen (secondary N) is 2. The van der Waals surface area contributed by atoms with E-state index < -0.39 is 5.91 Å². The molecule has 7 nitrogen and oxygen atoms in total. The van der Waals surface area contributed by atoms with E-state index in [4.69, 9.17) is 4.42 Å². The van der Waals surface area contributed by atoms with Gasteiger partial charge in [0.2, 0.25) is 5.91 Å². The zero-order valence-corrected chi connectivity index (χ0v) is 12.5. The second kappa shape index (κ2) is 6.04. The highest BCUT2D eigenvalue weighted by Gasteiger charge is 2.30. The second-order valence-electron chi connectivity index (χ2n) is 5.39. The minimum Gasteiger partial charge on any atom is -0.431 e. The summed E-state index contributed by atoms with van der Waals surface area (Å²) >= 11 is 0. The van der Waals surface area contributed by atoms with E-state index in [9.17, 15) is 14.4 Å². The molecular formula is C16H15N3O4. The van der Waals surface area contributed by atoms with Gasteiger partial charge in [-0.15, -0.1) is 0 Å². The van der Waals surface area contributed by atoms with Gasteiger partial charge in [0, 0.05) is 17.2 Å². The van der Waals surface area contributed by atoms with Gasteiger partial charge in [-0.3, -0.25) is 19.7 Å². The number of carbonyl (C=O) groups excluding carboxylic acids is 3. The van der Waals surface area contributed by atoms with Crippen LogP contribution in [-0.4, -0.2) is 22.6 Å². The van der Waals surface area contributed by atoms with Crippen molar-refractivity contribution in [2.45, 2.75) is 19.8 Å². The average molecular weight is 313 g/mol. The van der Waals surface area contributed by atoms with Crippen molar-refractivity contribution in [1.29, 1.82) is 0 Å². The quantitative estimate of drug-likeness (QED) is 0.826. The summed E-state index contributed by atoms with van der Waals surface area (Å²) in [5.41, 5.74) is 1.16. The molecule has 1 aliphatic carbocycles. The Morgan fingerprint density at radius 2 is 1.83 bits per heavy atom. The molecule has 118 valence electrons. The Kier molecular flexibility index (Phi) is 3.92. The van der Waals surface area contributed by atoms with E-state index in [1.165, 1.54) is 13.2 Å². The second-order valence-corrected chi connectivity index (χ2v) is 5.39. The third-order valence-electron chi connectivity index (χ3n) is 3.46. The van der Waals surface area contributed by atoms with Crippen LogP contribution in [-0.2, 0) is 4.79 Å². The molecule has 1 heterocycles. The molecule has 0 atom stereocenters. The number of amides is 2. The molecule has 2 aromatic rings. The van der Waals surface area contributed by atoms with Gasteiger partial charge in [0.25, 0.3) is 5.91 Å². The van der Waals surface area contributed by atoms with Crippen molar-refractivity contribution in [3.8, 4) is 0 Å². The van der Waals surface area contributed by atoms with Crippen molar-refractivity contribution in [3.05, 3.63) is 41.8 Å². The number of rotatable bonds is 5. The molecule has 1 fully saturated rings. The van der Waals surface area contributed by atoms with E-state index >= 15 is 0 Å². The number of carbonyl (C=O) groups is 3. The number of Topliss-reactive ketones (excluding diaryl/α,β-unsaturated/α-hetero) is 1. The van der Waals surface area contributed by atoms with Crippen LogP contribution < -0.4 is 10.6 Å². The van der Waals surface area contributed by atoms with Gasteiger partial charge in [-0.25, -0.2) is 0 Å². The van der Waals surface area contributed by atoms with Gasteiger partial charge in [-0.05, 0) is 44.0 Å². The Morgan fingerprint density at radius 3 is 2.43 bits per heavy atom. The van der Waals surface area contributed by atoms with Gasteiger partial charge in [0.05, 0.1) is 0 Å². The molecular weight excluding hydrogens is 298 g/mol. The Morgan fingerprint density at radius 1 is 1.13 bits per heavy atom. The monoisotopic (exact) mass is 313 g/mol. The fourth-order valence-electron chi connectivity index (χ4n) is 1.97. The van der Waals surface area contributed by atoms with Crippen LogP contribution in [0.5, 0.6) is 0 Å². The van der Waals surface area contributed by atoms with E-state index in [0.717, 1.165) is 12.8 Å². The number of hydrogen-bond acceptors (Lipinski definition) is 5. The molecule has 7 heteroatoms. The lowest BCUT2D eigenvalue weighted by molar-refractivity contribution is -0.117. The minimum absolute atomic E-state index is 0.0129. The SMILES string of the molecule is CC(=O)c1ccc(NC(=O)c2coc(NC(=O)C3CC3)n2)cc1. The number of anilines is 2. The molecule has 0 radical (unpaired) electrons. The summed E-state index contributed by atoms with van der Waals surface area (Å²) in [6.07, 6.45) is 2.92. The molecule has 1 saturated carbocycles. The smallest absolute Gasteiger partial charge is 0.302 e. The molecule has 1 aromatic heterocycles. The van der Waals surface area contributed by atoms with Crippen LogP contribution in [0.1, 0.15) is 40.6 Å². The highest BCUT2D eigenvalue weighted by molar-refractivity contribution is 6.03. The van der Waals surface area contributed by atoms with Gasteiger partial charge in [-0.2, -0.15) is 4.98 Å². The predicted octanol–water partition coefficient (Wildman–Crippen LogP) is 2.48. The summed E-state index contributed by atoms with van der Waals surface area (Å²) in [6, 6.07) is 6.53. The zero-order chi connectivity index (χ0) is 16.4. The third kappa shape index (κ3) is 3.63. The molecule has 3 rings (SSSR count). The van der Waals surface area contributed by atoms with E-state index in [1.54, 1.807) is 24.3 Å². The van der Waals surface area contributed by atoms with Gasteiger partial charge >= 0.3 is 6.01 Å². The van der Waals surface area contributed by atoms with Gasteiger partial charge in [0.15, 0.2) is 11.5 Å². The lowest BCUT2D eigenvalue weighted by Crippen LogP contribution is -2.15. The van der Waals surface area contributed by atoms with Crippen molar-refractivity contribution in [2.24, 2.45) is 5.92 Å². The van der Waals surface area contributed by atoms with Crippen LogP contribution in [0.3, 0.4) is 0 Å². The maximum atomic E-state index is 12.1. The van der Waals surface area contributed by atoms with E-state index in [0.29, 0.717) is 11.3 Å². The van der Waals surface area contributed by atoms with Crippen molar-refractivity contribution < 1.29 is 18.8 Å². The molecule has 2 N–H and O–H groups in total. The summed E-state index contributed by atoms with van der Waals surface area (Å²) in [5, 5.41) is 5.17. The first-order chi connectivity index (χ1) is 11.0. The minimum atomic E-state index is -0.462. The summed E-state index contributed by atoms with van der Waals surface area (Å²) in [6.45, 7) is 1.47. The van der Waals surface area contributed by atoms with Crippen molar-refractivity contribution in [2.75, 3.05) is 10.6 Å². The predicted molar refractivity (Wildman–Crippen MR) is 82.3 cm³/mol. The van der Waals surface area contributed by atoms with Crippen molar-refractivity contribution >= 4 is 29.3 Å². The normalized spacial score (nSPS) is 13.4. The van der Waals surface area contributed by atoms with Gasteiger partial charge < -0.3 is 9.73 Å². The lowest BCUT2D eigenvalue weighted by Gasteiger charge is -2.03. The lowest BCUT2D eigenvalue weighted by atomic mass is 10.1. The van der Waals surface area contributed by atoms with Crippen LogP contribution in [0.25, 0.3) is 0 Å². The first-order valence-electron chi connectivity index (χ1n) is 7.21. The van der Waals surface area contributed by atoms with Gasteiger partial charge in [-0.1, -0.05) is 0 Å². The zero-order valence-electron chi connectivity index (χ0n) is 12.5. The first-order valence-corrected chi connectivity index (χ1v) is 7.21. The van der Waals surface area contributed by atoms with Crippen molar-refractivity contribution in [1.82, 2.24) is 4.98 Å². The number of hydrogen-bond donors (Lipinski definition) is 2. The molecule has 1 aromatic carbocycles. The fraction of sp³-hybridized carbons (Fsp3) is 0.250. The maximum absolute atomic E-state index is 12.1. The maximum Gasteiger partial charge on any atom is 0.302 e. The average Bonchev–Trinajstić information content (AvgIpc) is 3.28. The summed E-state index contributed by atoms with van der Waals surface area (Å²) in [5.74, 6) is -0.621. The molecule has 2 amide bonds. The topological polar surface area (TPSA) is 101 Å². The number of ketones is 1. The van der Waals surface area contributed by atoms with Crippen molar-refractivity contribution in [3.63, 3.8) is 0 Å². The molecule has 23 heavy (non-hydrogen) atoms. The fourth-order valence-corrected chi connectivity index (χ4v) is 1.97. The summed E-state index contributed by atoms with van der Waals surface area (Å²) in [4.78, 5) is 38.8. The van der Waals surface area contributed by atoms with Crippen LogP contribution >= 0.6 is 0 Å². The Bertz CT molecular complexity index is 760. The van der Waals surface area contributed by atoms with E-state index in [2.05, 4.69) is 15.6 Å². The highest BCUT2D eigenvalue weighted by atomic mass is 16.4. The van der Waals surface area contributed by atoms with Crippen LogP contribution in [0, 0.1) is 5.92 Å². The largest absolute Gasteiger partial charge is 0.431 e. The number of oxazole rings is 1. The summed E-state index contributed by atoms with van der Waals surface area (Å²) in [7, 11) is 0. The van der Waals surface area contributed by atoms with Crippen LogP contribution in [0.4, 0.5) is 11.7 Å². The summed E-state index contributed by atoms with van der Waals surface area (Å²) < 4.78 is 5.07. The van der Waals surface area contributed by atoms with Crippen LogP contribution in [0.2, 0.25) is 0 Å². The molecule has 1 aliphatic rings. The Hall–Kier alpha value is -2.96. The van der Waals surface area contributed by atoms with E-state index in [-0.39, 0.29) is 29.3 Å². The van der Waals surface area contributed by atoms with Gasteiger partial charge in [0.1, 0.15) is 6.26 Å². The highest BCUT2D eigenvalue weighted by Crippen LogP contribution is 2.30. The standard InChI is InChI=1S/C16H15N3O4/c1-9(20)10-4-6-12(7-5-10)17-15(22)13-8-23-16(18-13)19-14(21)11-2-3-11/h4-8,11H,2-3H2,1H3,(H,17,22)(H,18,19,21). The Labute approximate surface area is 132 Å². The molecule has 0 saturated heterocycles. The third-order valence-corrected chi connectivity index (χ3v) is 3.46. The number of aromatic nitrogens is 1. The molecule has 0 spiro atoms. The molecule has 0 unspecified atom stereocenters. The Balaban J connectivity index is 1.62.